The van der Waals surface area contributed by atoms with E-state index < -0.39 is 27.8 Å². The van der Waals surface area contributed by atoms with Crippen molar-refractivity contribution in [2.45, 2.75) is 24.7 Å². The largest absolute Gasteiger partial charge is 0.380 e. The van der Waals surface area contributed by atoms with Crippen molar-refractivity contribution in [3.8, 4) is 0 Å². The van der Waals surface area contributed by atoms with Crippen molar-refractivity contribution in [3.63, 3.8) is 0 Å². The minimum atomic E-state index is -3.77. The number of aromatic nitrogens is 1. The Labute approximate surface area is 173 Å². The summed E-state index contributed by atoms with van der Waals surface area (Å²) in [5.74, 6) is -2.22. The lowest BCUT2D eigenvalue weighted by Crippen LogP contribution is -2.38. The molecule has 1 saturated heterocycles. The topological polar surface area (TPSA) is 106 Å². The van der Waals surface area contributed by atoms with E-state index in [0.29, 0.717) is 18.2 Å². The molecule has 30 heavy (non-hydrogen) atoms. The second-order valence-corrected chi connectivity index (χ2v) is 9.55. The fourth-order valence-electron chi connectivity index (χ4n) is 3.77. The van der Waals surface area contributed by atoms with Gasteiger partial charge in [-0.15, -0.1) is 0 Å². The number of benzene rings is 1. The van der Waals surface area contributed by atoms with Gasteiger partial charge in [0.15, 0.2) is 0 Å². The Kier molecular flexibility index (Phi) is 4.99. The van der Waals surface area contributed by atoms with Gasteiger partial charge in [0.2, 0.25) is 10.0 Å². The zero-order chi connectivity index (χ0) is 21.6. The number of carbonyl (C=O) groups is 3. The first kappa shape index (κ1) is 20.3. The highest BCUT2D eigenvalue weighted by atomic mass is 32.2. The number of amides is 2. The molecule has 4 rings (SSSR count). The summed E-state index contributed by atoms with van der Waals surface area (Å²) in [6.07, 6.45) is 3.08. The van der Waals surface area contributed by atoms with Crippen LogP contribution in [-0.4, -0.2) is 53.2 Å². The molecule has 1 fully saturated rings. The van der Waals surface area contributed by atoms with Crippen molar-refractivity contribution in [3.05, 3.63) is 53.3 Å². The molecule has 0 spiro atoms. The molecule has 1 aromatic carbocycles. The number of nitrogens with zero attached hydrogens (tertiary/aromatic N) is 3. The molecule has 158 valence electrons. The zero-order valence-electron chi connectivity index (χ0n) is 16.6. The van der Waals surface area contributed by atoms with E-state index >= 15 is 0 Å². The van der Waals surface area contributed by atoms with Crippen LogP contribution in [0.5, 0.6) is 0 Å². The highest BCUT2D eigenvalue weighted by Gasteiger charge is 2.39. The van der Waals surface area contributed by atoms with Crippen molar-refractivity contribution >= 4 is 27.8 Å². The maximum atomic E-state index is 13.0. The highest BCUT2D eigenvalue weighted by molar-refractivity contribution is 7.89. The number of rotatable bonds is 4. The number of hydrogen-bond donors (Lipinski definition) is 0. The van der Waals surface area contributed by atoms with E-state index in [1.807, 2.05) is 6.92 Å². The standard InChI is InChI=1S/C20H21N3O6S/c1-13-6-5-9-22(11-13)30(27,28)14-10-17(21(2)12-14)20(26)29-23-18(24)15-7-3-4-8-16(15)19(23)25/h3-4,7-8,10,12-13H,5-6,9,11H2,1-2H3. The molecule has 2 aromatic rings. The lowest BCUT2D eigenvalue weighted by Gasteiger charge is -2.29. The molecule has 1 unspecified atom stereocenters. The van der Waals surface area contributed by atoms with Crippen LogP contribution in [0.3, 0.4) is 0 Å². The summed E-state index contributed by atoms with van der Waals surface area (Å²) < 4.78 is 28.6. The van der Waals surface area contributed by atoms with Gasteiger partial charge in [-0.2, -0.15) is 4.31 Å². The first-order chi connectivity index (χ1) is 14.2. The lowest BCUT2D eigenvalue weighted by molar-refractivity contribution is -0.0590. The van der Waals surface area contributed by atoms with Crippen LogP contribution < -0.4 is 0 Å². The maximum Gasteiger partial charge on any atom is 0.380 e. The Balaban J connectivity index is 1.56. The molecule has 0 saturated carbocycles. The average molecular weight is 431 g/mol. The van der Waals surface area contributed by atoms with E-state index in [2.05, 4.69) is 0 Å². The second kappa shape index (κ2) is 7.37. The summed E-state index contributed by atoms with van der Waals surface area (Å²) in [4.78, 5) is 42.4. The van der Waals surface area contributed by atoms with E-state index in [1.54, 1.807) is 12.1 Å². The first-order valence-corrected chi connectivity index (χ1v) is 11.0. The quantitative estimate of drug-likeness (QED) is 0.684. The van der Waals surface area contributed by atoms with Crippen molar-refractivity contribution in [2.24, 2.45) is 13.0 Å². The van der Waals surface area contributed by atoms with Gasteiger partial charge < -0.3 is 9.40 Å². The molecule has 2 aliphatic heterocycles. The van der Waals surface area contributed by atoms with Gasteiger partial charge in [-0.3, -0.25) is 9.59 Å². The minimum Gasteiger partial charge on any atom is -0.344 e. The van der Waals surface area contributed by atoms with E-state index in [9.17, 15) is 22.8 Å². The van der Waals surface area contributed by atoms with Gasteiger partial charge in [0.05, 0.1) is 11.1 Å². The number of fused-ring (bicyclic) bond motifs is 1. The summed E-state index contributed by atoms with van der Waals surface area (Å²) >= 11 is 0. The molecule has 1 aromatic heterocycles. The van der Waals surface area contributed by atoms with Gasteiger partial charge in [-0.05, 0) is 37.0 Å². The Morgan fingerprint density at radius 2 is 1.77 bits per heavy atom. The number of carbonyl (C=O) groups excluding carboxylic acids is 3. The fraction of sp³-hybridized carbons (Fsp3) is 0.350. The van der Waals surface area contributed by atoms with Gasteiger partial charge in [-0.25, -0.2) is 13.2 Å². The first-order valence-electron chi connectivity index (χ1n) is 9.57. The van der Waals surface area contributed by atoms with Crippen molar-refractivity contribution in [1.29, 1.82) is 0 Å². The summed E-state index contributed by atoms with van der Waals surface area (Å²) in [6.45, 7) is 2.85. The molecule has 1 atom stereocenters. The molecule has 9 nitrogen and oxygen atoms in total. The molecule has 0 radical (unpaired) electrons. The van der Waals surface area contributed by atoms with E-state index in [1.165, 1.54) is 40.3 Å². The normalized spacial score (nSPS) is 19.8. The number of hydroxylamine groups is 2. The van der Waals surface area contributed by atoms with E-state index in [-0.39, 0.29) is 27.6 Å². The third-order valence-electron chi connectivity index (χ3n) is 5.38. The molecule has 2 aliphatic rings. The third-order valence-corrected chi connectivity index (χ3v) is 7.21. The maximum absolute atomic E-state index is 13.0. The van der Waals surface area contributed by atoms with Gasteiger partial charge in [0.1, 0.15) is 10.6 Å². The highest BCUT2D eigenvalue weighted by Crippen LogP contribution is 2.26. The number of imide groups is 1. The molecule has 0 bridgehead atoms. The molecule has 2 amide bonds. The monoisotopic (exact) mass is 431 g/mol. The fourth-order valence-corrected chi connectivity index (χ4v) is 5.44. The van der Waals surface area contributed by atoms with E-state index in [4.69, 9.17) is 4.84 Å². The molecule has 3 heterocycles. The van der Waals surface area contributed by atoms with Crippen LogP contribution >= 0.6 is 0 Å². The van der Waals surface area contributed by atoms with Gasteiger partial charge in [-0.1, -0.05) is 24.1 Å². The molecular formula is C20H21N3O6S. The molecule has 0 N–H and O–H groups in total. The number of sulfonamides is 1. The van der Waals surface area contributed by atoms with Crippen LogP contribution in [0.4, 0.5) is 0 Å². The van der Waals surface area contributed by atoms with Crippen LogP contribution in [0.25, 0.3) is 0 Å². The Hall–Kier alpha value is -2.98. The average Bonchev–Trinajstić information content (AvgIpc) is 3.23. The smallest absolute Gasteiger partial charge is 0.344 e. The van der Waals surface area contributed by atoms with Crippen LogP contribution in [0.2, 0.25) is 0 Å². The Morgan fingerprint density at radius 1 is 1.13 bits per heavy atom. The van der Waals surface area contributed by atoms with E-state index in [0.717, 1.165) is 12.8 Å². The van der Waals surface area contributed by atoms with Crippen LogP contribution in [0.15, 0.2) is 41.4 Å². The summed E-state index contributed by atoms with van der Waals surface area (Å²) in [5.41, 5.74) is 0.199. The lowest BCUT2D eigenvalue weighted by atomic mass is 10.0. The number of piperidine rings is 1. The van der Waals surface area contributed by atoms with Gasteiger partial charge in [0, 0.05) is 26.3 Å². The summed E-state index contributed by atoms with van der Waals surface area (Å²) in [6, 6.07) is 7.35. The van der Waals surface area contributed by atoms with Crippen LogP contribution in [0.1, 0.15) is 51.0 Å². The summed E-state index contributed by atoms with van der Waals surface area (Å²) in [5, 5.41) is 0.403. The number of hydrogen-bond acceptors (Lipinski definition) is 6. The van der Waals surface area contributed by atoms with Crippen LogP contribution in [-0.2, 0) is 21.9 Å². The minimum absolute atomic E-state index is 0.0339. The Bertz CT molecular complexity index is 1120. The van der Waals surface area contributed by atoms with Crippen molar-refractivity contribution < 1.29 is 27.6 Å². The Morgan fingerprint density at radius 3 is 2.37 bits per heavy atom. The molecule has 10 heteroatoms. The zero-order valence-corrected chi connectivity index (χ0v) is 17.4. The van der Waals surface area contributed by atoms with Crippen molar-refractivity contribution in [2.75, 3.05) is 13.1 Å². The third kappa shape index (κ3) is 3.31. The SMILES string of the molecule is CC1CCCN(S(=O)(=O)c2cc(C(=O)ON3C(=O)c4ccccc4C3=O)n(C)c2)C1. The van der Waals surface area contributed by atoms with Gasteiger partial charge in [0.25, 0.3) is 11.8 Å². The molecule has 0 aliphatic carbocycles. The van der Waals surface area contributed by atoms with Crippen molar-refractivity contribution in [1.82, 2.24) is 13.9 Å². The van der Waals surface area contributed by atoms with Crippen LogP contribution in [0, 0.1) is 5.92 Å². The molecular weight excluding hydrogens is 410 g/mol. The second-order valence-electron chi connectivity index (χ2n) is 7.61. The number of aryl methyl sites for hydroxylation is 1. The van der Waals surface area contributed by atoms with Gasteiger partial charge >= 0.3 is 5.97 Å². The predicted molar refractivity (Wildman–Crippen MR) is 105 cm³/mol. The summed E-state index contributed by atoms with van der Waals surface area (Å²) in [7, 11) is -2.27. The predicted octanol–water partition coefficient (Wildman–Crippen LogP) is 1.81.